The van der Waals surface area contributed by atoms with E-state index in [0.29, 0.717) is 17.8 Å². The van der Waals surface area contributed by atoms with Crippen LogP contribution in [0.4, 0.5) is 24.8 Å². The highest BCUT2D eigenvalue weighted by Crippen LogP contribution is 2.23. The molecule has 0 aliphatic carbocycles. The molecule has 2 N–H and O–H groups in total. The van der Waals surface area contributed by atoms with Crippen molar-refractivity contribution in [1.29, 1.82) is 0 Å². The molecule has 0 amide bonds. The van der Waals surface area contributed by atoms with Gasteiger partial charge in [-0.3, -0.25) is 0 Å². The Kier molecular flexibility index (Phi) is 5.85. The predicted octanol–water partition coefficient (Wildman–Crippen LogP) is 3.23. The van der Waals surface area contributed by atoms with Crippen molar-refractivity contribution in [3.8, 4) is 0 Å². The molecule has 0 atom stereocenters. The molecule has 0 saturated heterocycles. The average molecular weight is 276 g/mol. The molecule has 1 heterocycles. The minimum absolute atomic E-state index is 0.257. The smallest absolute Gasteiger partial charge is 0.370 e. The summed E-state index contributed by atoms with van der Waals surface area (Å²) in [5.74, 6) is 0.871. The van der Waals surface area contributed by atoms with E-state index in [0.717, 1.165) is 19.4 Å². The maximum atomic E-state index is 12.2. The highest BCUT2D eigenvalue weighted by atomic mass is 19.4. The van der Waals surface area contributed by atoms with Crippen LogP contribution in [0.2, 0.25) is 0 Å². The molecule has 0 aliphatic rings. The van der Waals surface area contributed by atoms with Crippen LogP contribution >= 0.6 is 0 Å². The van der Waals surface area contributed by atoms with Gasteiger partial charge in [0.1, 0.15) is 24.5 Å². The topological polar surface area (TPSA) is 49.8 Å². The lowest BCUT2D eigenvalue weighted by molar-refractivity contribution is -0.115. The van der Waals surface area contributed by atoms with Gasteiger partial charge in [0.05, 0.1) is 0 Å². The quantitative estimate of drug-likeness (QED) is 0.802. The summed E-state index contributed by atoms with van der Waals surface area (Å²) in [5.41, 5.74) is 0.711. The lowest BCUT2D eigenvalue weighted by Crippen LogP contribution is -2.23. The number of hydrogen-bond acceptors (Lipinski definition) is 4. The molecule has 0 saturated carbocycles. The lowest BCUT2D eigenvalue weighted by Gasteiger charge is -2.15. The maximum absolute atomic E-state index is 12.2. The summed E-state index contributed by atoms with van der Waals surface area (Å²) in [6.07, 6.45) is -0.621. The first-order valence-corrected chi connectivity index (χ1v) is 6.36. The van der Waals surface area contributed by atoms with Gasteiger partial charge in [-0.15, -0.1) is 0 Å². The Balaban J connectivity index is 2.88. The van der Waals surface area contributed by atoms with Crippen molar-refractivity contribution in [1.82, 2.24) is 9.97 Å². The van der Waals surface area contributed by atoms with Gasteiger partial charge in [-0.25, -0.2) is 9.97 Å². The van der Waals surface area contributed by atoms with Crippen molar-refractivity contribution in [3.63, 3.8) is 0 Å². The van der Waals surface area contributed by atoms with Crippen LogP contribution in [0.25, 0.3) is 0 Å². The average Bonchev–Trinajstić information content (AvgIpc) is 2.35. The molecular formula is C12H19F3N4. The van der Waals surface area contributed by atoms with Crippen molar-refractivity contribution < 1.29 is 13.2 Å². The molecule has 0 unspecified atom stereocenters. The number of aromatic nitrogens is 2. The number of hydrogen-bond donors (Lipinski definition) is 2. The van der Waals surface area contributed by atoms with Gasteiger partial charge in [-0.05, 0) is 12.8 Å². The fourth-order valence-electron chi connectivity index (χ4n) is 1.63. The summed E-state index contributed by atoms with van der Waals surface area (Å²) in [7, 11) is 0. The van der Waals surface area contributed by atoms with E-state index in [1.54, 1.807) is 0 Å². The van der Waals surface area contributed by atoms with E-state index < -0.39 is 12.7 Å². The molecule has 7 heteroatoms. The SMILES string of the molecule is CCCNc1ncnc(NCC(F)(F)F)c1CCC. The van der Waals surface area contributed by atoms with Gasteiger partial charge in [0.15, 0.2) is 0 Å². The summed E-state index contributed by atoms with van der Waals surface area (Å²) in [6.45, 7) is 3.61. The number of rotatable bonds is 7. The summed E-state index contributed by atoms with van der Waals surface area (Å²) < 4.78 is 36.7. The van der Waals surface area contributed by atoms with Crippen molar-refractivity contribution in [2.45, 2.75) is 39.3 Å². The largest absolute Gasteiger partial charge is 0.405 e. The van der Waals surface area contributed by atoms with Crippen LogP contribution in [0, 0.1) is 0 Å². The molecule has 4 nitrogen and oxygen atoms in total. The number of halogens is 3. The minimum Gasteiger partial charge on any atom is -0.370 e. The normalized spacial score (nSPS) is 11.4. The Morgan fingerprint density at radius 2 is 1.68 bits per heavy atom. The first-order valence-electron chi connectivity index (χ1n) is 6.36. The van der Waals surface area contributed by atoms with Crippen molar-refractivity contribution in [2.24, 2.45) is 0 Å². The molecule has 108 valence electrons. The van der Waals surface area contributed by atoms with E-state index >= 15 is 0 Å². The van der Waals surface area contributed by atoms with E-state index in [9.17, 15) is 13.2 Å². The standard InChI is InChI=1S/C12H19F3N4/c1-3-5-9-10(16-6-4-2)18-8-19-11(9)17-7-12(13,14)15/h8H,3-7H2,1-2H3,(H2,16,17,18,19). The third kappa shape index (κ3) is 5.32. The zero-order chi connectivity index (χ0) is 14.3. The third-order valence-corrected chi connectivity index (χ3v) is 2.44. The second-order valence-corrected chi connectivity index (χ2v) is 4.19. The lowest BCUT2D eigenvalue weighted by atomic mass is 10.1. The van der Waals surface area contributed by atoms with Crippen LogP contribution in [0.1, 0.15) is 32.3 Å². The van der Waals surface area contributed by atoms with Gasteiger partial charge in [-0.2, -0.15) is 13.2 Å². The second-order valence-electron chi connectivity index (χ2n) is 4.19. The van der Waals surface area contributed by atoms with Crippen LogP contribution in [-0.2, 0) is 6.42 Å². The monoisotopic (exact) mass is 276 g/mol. The highest BCUT2D eigenvalue weighted by molar-refractivity contribution is 5.57. The molecule has 0 bridgehead atoms. The summed E-state index contributed by atoms with van der Waals surface area (Å²) in [6, 6.07) is 0. The fraction of sp³-hybridized carbons (Fsp3) is 0.667. The van der Waals surface area contributed by atoms with Gasteiger partial charge in [0, 0.05) is 12.1 Å². The number of anilines is 2. The predicted molar refractivity (Wildman–Crippen MR) is 69.4 cm³/mol. The van der Waals surface area contributed by atoms with Crippen LogP contribution in [0.3, 0.4) is 0 Å². The van der Waals surface area contributed by atoms with Gasteiger partial charge in [-0.1, -0.05) is 20.3 Å². The molecule has 0 aliphatic heterocycles. The summed E-state index contributed by atoms with van der Waals surface area (Å²) in [4.78, 5) is 8.00. The Morgan fingerprint density at radius 3 is 2.21 bits per heavy atom. The molecule has 0 spiro atoms. The van der Waals surface area contributed by atoms with Crippen LogP contribution in [0.5, 0.6) is 0 Å². The van der Waals surface area contributed by atoms with Crippen LogP contribution in [-0.4, -0.2) is 29.2 Å². The van der Waals surface area contributed by atoms with E-state index in [2.05, 4.69) is 20.6 Å². The summed E-state index contributed by atoms with van der Waals surface area (Å²) >= 11 is 0. The first-order chi connectivity index (χ1) is 8.98. The Labute approximate surface area is 110 Å². The highest BCUT2D eigenvalue weighted by Gasteiger charge is 2.27. The zero-order valence-electron chi connectivity index (χ0n) is 11.1. The number of nitrogens with zero attached hydrogens (tertiary/aromatic N) is 2. The Hall–Kier alpha value is -1.53. The molecule has 1 aromatic rings. The molecule has 1 rings (SSSR count). The van der Waals surface area contributed by atoms with E-state index in [1.165, 1.54) is 6.33 Å². The minimum atomic E-state index is -4.26. The fourth-order valence-corrected chi connectivity index (χ4v) is 1.63. The van der Waals surface area contributed by atoms with Gasteiger partial charge < -0.3 is 10.6 Å². The van der Waals surface area contributed by atoms with Gasteiger partial charge >= 0.3 is 6.18 Å². The van der Waals surface area contributed by atoms with Gasteiger partial charge in [0.25, 0.3) is 0 Å². The Bertz CT molecular complexity index is 393. The zero-order valence-corrected chi connectivity index (χ0v) is 11.1. The molecule has 0 fully saturated rings. The van der Waals surface area contributed by atoms with Crippen molar-refractivity contribution >= 4 is 11.6 Å². The van der Waals surface area contributed by atoms with E-state index in [1.807, 2.05) is 13.8 Å². The van der Waals surface area contributed by atoms with E-state index in [-0.39, 0.29) is 5.82 Å². The van der Waals surface area contributed by atoms with Crippen molar-refractivity contribution in [2.75, 3.05) is 23.7 Å². The maximum Gasteiger partial charge on any atom is 0.405 e. The molecule has 0 radical (unpaired) electrons. The van der Waals surface area contributed by atoms with Gasteiger partial charge in [0.2, 0.25) is 0 Å². The van der Waals surface area contributed by atoms with Crippen LogP contribution in [0.15, 0.2) is 6.33 Å². The molecule has 0 aromatic carbocycles. The first kappa shape index (κ1) is 15.5. The number of alkyl halides is 3. The molecule has 1 aromatic heterocycles. The molecule has 19 heavy (non-hydrogen) atoms. The molecular weight excluding hydrogens is 257 g/mol. The number of nitrogens with one attached hydrogen (secondary N) is 2. The van der Waals surface area contributed by atoms with Crippen LogP contribution < -0.4 is 10.6 Å². The third-order valence-electron chi connectivity index (χ3n) is 2.44. The Morgan fingerprint density at radius 1 is 1.05 bits per heavy atom. The summed E-state index contributed by atoms with van der Waals surface area (Å²) in [5, 5.41) is 5.45. The van der Waals surface area contributed by atoms with E-state index in [4.69, 9.17) is 0 Å². The second kappa shape index (κ2) is 7.16. The van der Waals surface area contributed by atoms with Crippen molar-refractivity contribution in [3.05, 3.63) is 11.9 Å².